The maximum atomic E-state index is 13.8. The van der Waals surface area contributed by atoms with Gasteiger partial charge in [-0.15, -0.1) is 0 Å². The Kier molecular flexibility index (Phi) is 5.26. The van der Waals surface area contributed by atoms with Gasteiger partial charge in [-0.2, -0.15) is 11.8 Å². The molecule has 3 N–H and O–H groups in total. The molecule has 1 aromatic rings. The molecule has 1 heterocycles. The van der Waals surface area contributed by atoms with Crippen LogP contribution in [0.2, 0.25) is 5.02 Å². The van der Waals surface area contributed by atoms with E-state index < -0.39 is 0 Å². The van der Waals surface area contributed by atoms with Crippen molar-refractivity contribution in [3.63, 3.8) is 0 Å². The highest BCUT2D eigenvalue weighted by atomic mass is 35.5. The molecule has 2 unspecified atom stereocenters. The number of hydrogen-bond acceptors (Lipinski definition) is 4. The Labute approximate surface area is 115 Å². The van der Waals surface area contributed by atoms with Gasteiger partial charge >= 0.3 is 0 Å². The Balaban J connectivity index is 2.07. The van der Waals surface area contributed by atoms with Gasteiger partial charge in [0, 0.05) is 11.5 Å². The number of nitrogens with two attached hydrogens (primary N) is 1. The molecule has 100 valence electrons. The van der Waals surface area contributed by atoms with Crippen molar-refractivity contribution in [2.45, 2.75) is 18.6 Å². The minimum Gasteiger partial charge on any atom is -0.375 e. The average Bonchev–Trinajstić information content (AvgIpc) is 2.41. The van der Waals surface area contributed by atoms with E-state index in [1.165, 1.54) is 6.07 Å². The van der Waals surface area contributed by atoms with Crippen LogP contribution in [-0.2, 0) is 11.2 Å². The molecule has 1 aromatic carbocycles. The molecule has 0 radical (unpaired) electrons. The molecule has 18 heavy (non-hydrogen) atoms. The summed E-state index contributed by atoms with van der Waals surface area (Å²) in [7, 11) is 0. The van der Waals surface area contributed by atoms with Crippen LogP contribution >= 0.6 is 23.4 Å². The number of hydrazine groups is 1. The van der Waals surface area contributed by atoms with Crippen molar-refractivity contribution < 1.29 is 9.13 Å². The van der Waals surface area contributed by atoms with Crippen LogP contribution in [0.3, 0.4) is 0 Å². The van der Waals surface area contributed by atoms with Crippen LogP contribution in [0.5, 0.6) is 0 Å². The summed E-state index contributed by atoms with van der Waals surface area (Å²) in [5.74, 6) is 7.04. The van der Waals surface area contributed by atoms with Gasteiger partial charge in [0.2, 0.25) is 0 Å². The van der Waals surface area contributed by atoms with Crippen molar-refractivity contribution in [3.8, 4) is 0 Å². The van der Waals surface area contributed by atoms with E-state index in [0.717, 1.165) is 11.5 Å². The summed E-state index contributed by atoms with van der Waals surface area (Å²) in [4.78, 5) is 0. The molecule has 3 nitrogen and oxygen atoms in total. The quantitative estimate of drug-likeness (QED) is 0.658. The van der Waals surface area contributed by atoms with Gasteiger partial charge in [-0.3, -0.25) is 11.3 Å². The van der Waals surface area contributed by atoms with Gasteiger partial charge in [0.25, 0.3) is 0 Å². The van der Waals surface area contributed by atoms with Crippen LogP contribution in [0.4, 0.5) is 4.39 Å². The topological polar surface area (TPSA) is 47.3 Å². The first-order valence-electron chi connectivity index (χ1n) is 5.80. The van der Waals surface area contributed by atoms with E-state index in [4.69, 9.17) is 22.2 Å². The zero-order valence-corrected chi connectivity index (χ0v) is 11.4. The summed E-state index contributed by atoms with van der Waals surface area (Å²) in [5.41, 5.74) is 3.28. The van der Waals surface area contributed by atoms with Gasteiger partial charge in [0.15, 0.2) is 0 Å². The highest BCUT2D eigenvalue weighted by Crippen LogP contribution is 2.22. The maximum Gasteiger partial charge on any atom is 0.145 e. The van der Waals surface area contributed by atoms with Crippen LogP contribution < -0.4 is 11.3 Å². The first-order valence-corrected chi connectivity index (χ1v) is 7.34. The Morgan fingerprint density at radius 2 is 2.44 bits per heavy atom. The number of rotatable bonds is 4. The molecule has 0 saturated carbocycles. The molecule has 0 spiro atoms. The zero-order valence-electron chi connectivity index (χ0n) is 9.86. The number of benzene rings is 1. The van der Waals surface area contributed by atoms with Gasteiger partial charge < -0.3 is 4.74 Å². The summed E-state index contributed by atoms with van der Waals surface area (Å²) in [6, 6.07) is 4.90. The van der Waals surface area contributed by atoms with E-state index in [0.29, 0.717) is 18.6 Å². The predicted molar refractivity (Wildman–Crippen MR) is 73.3 cm³/mol. The van der Waals surface area contributed by atoms with Crippen LogP contribution in [0, 0.1) is 5.82 Å². The summed E-state index contributed by atoms with van der Waals surface area (Å²) in [6.07, 6.45) is 0.473. The molecule has 1 aliphatic rings. The fraction of sp³-hybridized carbons (Fsp3) is 0.500. The fourth-order valence-electron chi connectivity index (χ4n) is 1.98. The molecule has 2 rings (SSSR count). The third-order valence-corrected chi connectivity index (χ3v) is 4.29. The first kappa shape index (κ1) is 14.1. The number of halogens is 2. The van der Waals surface area contributed by atoms with Crippen LogP contribution in [0.25, 0.3) is 0 Å². The summed E-state index contributed by atoms with van der Waals surface area (Å²) < 4.78 is 19.5. The van der Waals surface area contributed by atoms with E-state index in [2.05, 4.69) is 5.43 Å². The normalized spacial score (nSPS) is 21.8. The number of thioether (sulfide) groups is 1. The average molecular weight is 291 g/mol. The SMILES string of the molecule is NNC(Cc1cccc(Cl)c1F)C1CSCCO1. The minimum absolute atomic E-state index is 0.00660. The lowest BCUT2D eigenvalue weighted by atomic mass is 10.0. The van der Waals surface area contributed by atoms with Gasteiger partial charge in [0.05, 0.1) is 23.8 Å². The van der Waals surface area contributed by atoms with Crippen LogP contribution in [-0.4, -0.2) is 30.3 Å². The lowest BCUT2D eigenvalue weighted by molar-refractivity contribution is 0.0470. The number of hydrogen-bond donors (Lipinski definition) is 2. The molecule has 6 heteroatoms. The lowest BCUT2D eigenvalue weighted by Gasteiger charge is -2.29. The molecular formula is C12H16ClFN2OS. The molecule has 0 bridgehead atoms. The minimum atomic E-state index is -0.372. The van der Waals surface area contributed by atoms with E-state index in [1.807, 2.05) is 11.8 Å². The molecule has 2 atom stereocenters. The van der Waals surface area contributed by atoms with Gasteiger partial charge in [0.1, 0.15) is 5.82 Å². The van der Waals surface area contributed by atoms with E-state index in [-0.39, 0.29) is 23.0 Å². The second-order valence-corrected chi connectivity index (χ2v) is 5.73. The summed E-state index contributed by atoms with van der Waals surface area (Å²) >= 11 is 7.59. The number of nitrogens with one attached hydrogen (secondary N) is 1. The smallest absolute Gasteiger partial charge is 0.145 e. The van der Waals surface area contributed by atoms with Crippen molar-refractivity contribution in [1.29, 1.82) is 0 Å². The molecule has 0 amide bonds. The maximum absolute atomic E-state index is 13.8. The molecular weight excluding hydrogens is 275 g/mol. The Hall–Kier alpha value is -0.330. The first-order chi connectivity index (χ1) is 8.72. The van der Waals surface area contributed by atoms with Gasteiger partial charge in [-0.25, -0.2) is 4.39 Å². The van der Waals surface area contributed by atoms with Crippen LogP contribution in [0.15, 0.2) is 18.2 Å². The predicted octanol–water partition coefficient (Wildman–Crippen LogP) is 1.99. The number of ether oxygens (including phenoxy) is 1. The third kappa shape index (κ3) is 3.36. The summed E-state index contributed by atoms with van der Waals surface area (Å²) in [5, 5.41) is 0.141. The lowest BCUT2D eigenvalue weighted by Crippen LogP contribution is -2.49. The van der Waals surface area contributed by atoms with Gasteiger partial charge in [-0.05, 0) is 18.1 Å². The molecule has 0 aliphatic carbocycles. The summed E-state index contributed by atoms with van der Waals surface area (Å²) in [6.45, 7) is 0.714. The van der Waals surface area contributed by atoms with Crippen molar-refractivity contribution in [1.82, 2.24) is 5.43 Å². The standard InChI is InChI=1S/C12H16ClFN2OS/c13-9-3-1-2-8(12(9)14)6-10(16-15)11-7-18-5-4-17-11/h1-3,10-11,16H,4-7,15H2. The molecule has 1 fully saturated rings. The highest BCUT2D eigenvalue weighted by molar-refractivity contribution is 7.99. The molecule has 1 saturated heterocycles. The van der Waals surface area contributed by atoms with E-state index >= 15 is 0 Å². The Morgan fingerprint density at radius 3 is 3.11 bits per heavy atom. The Morgan fingerprint density at radius 1 is 1.61 bits per heavy atom. The fourth-order valence-corrected chi connectivity index (χ4v) is 3.11. The van der Waals surface area contributed by atoms with Crippen molar-refractivity contribution >= 4 is 23.4 Å². The second-order valence-electron chi connectivity index (χ2n) is 4.17. The molecule has 0 aromatic heterocycles. The third-order valence-electron chi connectivity index (χ3n) is 2.98. The zero-order chi connectivity index (χ0) is 13.0. The second kappa shape index (κ2) is 6.73. The largest absolute Gasteiger partial charge is 0.375 e. The van der Waals surface area contributed by atoms with E-state index in [9.17, 15) is 4.39 Å². The van der Waals surface area contributed by atoms with Crippen molar-refractivity contribution in [2.75, 3.05) is 18.1 Å². The van der Waals surface area contributed by atoms with E-state index in [1.54, 1.807) is 12.1 Å². The van der Waals surface area contributed by atoms with Gasteiger partial charge in [-0.1, -0.05) is 23.7 Å². The van der Waals surface area contributed by atoms with Crippen molar-refractivity contribution in [2.24, 2.45) is 5.84 Å². The highest BCUT2D eigenvalue weighted by Gasteiger charge is 2.25. The Bertz CT molecular complexity index is 402. The van der Waals surface area contributed by atoms with Crippen LogP contribution in [0.1, 0.15) is 5.56 Å². The van der Waals surface area contributed by atoms with Crippen molar-refractivity contribution in [3.05, 3.63) is 34.6 Å². The molecule has 1 aliphatic heterocycles. The monoisotopic (exact) mass is 290 g/mol.